The number of hydrogen-bond donors (Lipinski definition) is 1. The maximum atomic E-state index is 11.2. The van der Waals surface area contributed by atoms with E-state index in [4.69, 9.17) is 0 Å². The third-order valence-electron chi connectivity index (χ3n) is 3.66. The van der Waals surface area contributed by atoms with E-state index in [0.717, 1.165) is 5.56 Å². The SMILES string of the molecule is Cc1ccc(Cc2nnnn2CC(C)(C)C(=O)O)cc1C. The summed E-state index contributed by atoms with van der Waals surface area (Å²) in [4.78, 5) is 11.2. The van der Waals surface area contributed by atoms with E-state index in [0.29, 0.717) is 12.2 Å². The third-order valence-corrected chi connectivity index (χ3v) is 3.66. The third kappa shape index (κ3) is 3.45. The van der Waals surface area contributed by atoms with Crippen molar-refractivity contribution in [3.05, 3.63) is 40.7 Å². The van der Waals surface area contributed by atoms with Crippen LogP contribution in [0.25, 0.3) is 0 Å². The highest BCUT2D eigenvalue weighted by Gasteiger charge is 2.29. The topological polar surface area (TPSA) is 80.9 Å². The first-order chi connectivity index (χ1) is 9.79. The van der Waals surface area contributed by atoms with Gasteiger partial charge >= 0.3 is 5.97 Å². The summed E-state index contributed by atoms with van der Waals surface area (Å²) in [5.41, 5.74) is 2.66. The molecule has 0 aliphatic carbocycles. The predicted molar refractivity (Wildman–Crippen MR) is 78.0 cm³/mol. The van der Waals surface area contributed by atoms with Crippen molar-refractivity contribution in [2.75, 3.05) is 0 Å². The van der Waals surface area contributed by atoms with Crippen LogP contribution in [0.5, 0.6) is 0 Å². The number of carboxylic acids is 1. The summed E-state index contributed by atoms with van der Waals surface area (Å²) in [6, 6.07) is 6.22. The molecule has 1 heterocycles. The Morgan fingerprint density at radius 3 is 2.62 bits per heavy atom. The summed E-state index contributed by atoms with van der Waals surface area (Å²) in [5, 5.41) is 20.8. The molecule has 0 fully saturated rings. The van der Waals surface area contributed by atoms with Gasteiger partial charge in [-0.2, -0.15) is 0 Å². The van der Waals surface area contributed by atoms with Gasteiger partial charge in [0.2, 0.25) is 0 Å². The van der Waals surface area contributed by atoms with Crippen LogP contribution in [0.4, 0.5) is 0 Å². The van der Waals surface area contributed by atoms with Crippen LogP contribution in [0, 0.1) is 19.3 Å². The van der Waals surface area contributed by atoms with Crippen molar-refractivity contribution in [1.82, 2.24) is 20.2 Å². The van der Waals surface area contributed by atoms with Crippen LogP contribution in [0.3, 0.4) is 0 Å². The summed E-state index contributed by atoms with van der Waals surface area (Å²) in [6.07, 6.45) is 0.587. The quantitative estimate of drug-likeness (QED) is 0.910. The zero-order valence-corrected chi connectivity index (χ0v) is 12.8. The van der Waals surface area contributed by atoms with Crippen LogP contribution in [0.15, 0.2) is 18.2 Å². The lowest BCUT2D eigenvalue weighted by Gasteiger charge is -2.19. The number of nitrogens with zero attached hydrogens (tertiary/aromatic N) is 4. The molecule has 0 aliphatic rings. The van der Waals surface area contributed by atoms with Gasteiger partial charge in [-0.25, -0.2) is 4.68 Å². The minimum Gasteiger partial charge on any atom is -0.481 e. The first-order valence-electron chi connectivity index (χ1n) is 6.84. The van der Waals surface area contributed by atoms with Gasteiger partial charge in [0.1, 0.15) is 0 Å². The molecule has 0 unspecified atom stereocenters. The maximum absolute atomic E-state index is 11.2. The number of aryl methyl sites for hydroxylation is 2. The fourth-order valence-electron chi connectivity index (χ4n) is 2.01. The Balaban J connectivity index is 2.21. The first-order valence-corrected chi connectivity index (χ1v) is 6.84. The van der Waals surface area contributed by atoms with Crippen molar-refractivity contribution in [2.45, 2.75) is 40.7 Å². The van der Waals surface area contributed by atoms with Crippen molar-refractivity contribution in [3.63, 3.8) is 0 Å². The van der Waals surface area contributed by atoms with Crippen LogP contribution in [0.2, 0.25) is 0 Å². The van der Waals surface area contributed by atoms with Crippen molar-refractivity contribution >= 4 is 5.97 Å². The Bertz CT molecular complexity index is 661. The monoisotopic (exact) mass is 288 g/mol. The number of carbonyl (C=O) groups is 1. The second-order valence-electron chi connectivity index (χ2n) is 6.04. The van der Waals surface area contributed by atoms with Gasteiger partial charge in [0, 0.05) is 6.42 Å². The Labute approximate surface area is 123 Å². The Kier molecular flexibility index (Phi) is 4.06. The molecule has 21 heavy (non-hydrogen) atoms. The molecule has 0 bridgehead atoms. The van der Waals surface area contributed by atoms with E-state index in [1.807, 2.05) is 6.07 Å². The number of rotatable bonds is 5. The number of aliphatic carboxylic acids is 1. The molecule has 6 nitrogen and oxygen atoms in total. The first kappa shape index (κ1) is 15.2. The van der Waals surface area contributed by atoms with Gasteiger partial charge in [-0.1, -0.05) is 18.2 Å². The van der Waals surface area contributed by atoms with Gasteiger partial charge in [-0.05, 0) is 54.8 Å². The smallest absolute Gasteiger partial charge is 0.310 e. The molecule has 0 atom stereocenters. The van der Waals surface area contributed by atoms with E-state index in [2.05, 4.69) is 41.5 Å². The van der Waals surface area contributed by atoms with Gasteiger partial charge in [0.05, 0.1) is 12.0 Å². The highest BCUT2D eigenvalue weighted by Crippen LogP contribution is 2.19. The van der Waals surface area contributed by atoms with Crippen molar-refractivity contribution in [1.29, 1.82) is 0 Å². The van der Waals surface area contributed by atoms with Crippen LogP contribution in [0.1, 0.15) is 36.4 Å². The largest absolute Gasteiger partial charge is 0.481 e. The lowest BCUT2D eigenvalue weighted by Crippen LogP contribution is -2.30. The predicted octanol–water partition coefficient (Wildman–Crippen LogP) is 1.99. The van der Waals surface area contributed by atoms with E-state index < -0.39 is 11.4 Å². The number of tetrazole rings is 1. The highest BCUT2D eigenvalue weighted by atomic mass is 16.4. The van der Waals surface area contributed by atoms with Crippen LogP contribution in [-0.2, 0) is 17.8 Å². The minimum atomic E-state index is -0.909. The van der Waals surface area contributed by atoms with Gasteiger partial charge in [0.25, 0.3) is 0 Å². The Morgan fingerprint density at radius 1 is 1.29 bits per heavy atom. The van der Waals surface area contributed by atoms with E-state index in [1.54, 1.807) is 18.5 Å². The molecule has 1 aromatic heterocycles. The lowest BCUT2D eigenvalue weighted by molar-refractivity contribution is -0.147. The van der Waals surface area contributed by atoms with E-state index in [1.165, 1.54) is 11.1 Å². The molecule has 6 heteroatoms. The summed E-state index contributed by atoms with van der Waals surface area (Å²) >= 11 is 0. The molecule has 0 amide bonds. The number of benzene rings is 1. The van der Waals surface area contributed by atoms with Crippen LogP contribution < -0.4 is 0 Å². The second-order valence-corrected chi connectivity index (χ2v) is 6.04. The molecular weight excluding hydrogens is 268 g/mol. The zero-order valence-electron chi connectivity index (χ0n) is 12.8. The van der Waals surface area contributed by atoms with Gasteiger partial charge in [-0.15, -0.1) is 5.10 Å². The molecule has 2 aromatic rings. The minimum absolute atomic E-state index is 0.246. The van der Waals surface area contributed by atoms with E-state index in [-0.39, 0.29) is 6.54 Å². The lowest BCUT2D eigenvalue weighted by atomic mass is 9.94. The Hall–Kier alpha value is -2.24. The molecular formula is C15H20N4O2. The average molecular weight is 288 g/mol. The maximum Gasteiger partial charge on any atom is 0.310 e. The highest BCUT2D eigenvalue weighted by molar-refractivity contribution is 5.73. The van der Waals surface area contributed by atoms with E-state index in [9.17, 15) is 9.90 Å². The molecule has 2 rings (SSSR count). The summed E-state index contributed by atoms with van der Waals surface area (Å²) < 4.78 is 1.57. The molecule has 0 saturated carbocycles. The average Bonchev–Trinajstić information content (AvgIpc) is 2.80. The second kappa shape index (κ2) is 5.63. The molecule has 0 aliphatic heterocycles. The molecule has 0 saturated heterocycles. The molecule has 1 N–H and O–H groups in total. The number of carboxylic acid groups (broad SMARTS) is 1. The molecule has 112 valence electrons. The molecule has 0 spiro atoms. The molecule has 0 radical (unpaired) electrons. The summed E-state index contributed by atoms with van der Waals surface area (Å²) in [5.74, 6) is -0.192. The summed E-state index contributed by atoms with van der Waals surface area (Å²) in [7, 11) is 0. The zero-order chi connectivity index (χ0) is 15.6. The number of hydrogen-bond acceptors (Lipinski definition) is 4. The number of aromatic nitrogens is 4. The fourth-order valence-corrected chi connectivity index (χ4v) is 2.01. The van der Waals surface area contributed by atoms with Gasteiger partial charge in [-0.3, -0.25) is 4.79 Å². The van der Waals surface area contributed by atoms with Crippen LogP contribution >= 0.6 is 0 Å². The fraction of sp³-hybridized carbons (Fsp3) is 0.467. The van der Waals surface area contributed by atoms with E-state index >= 15 is 0 Å². The summed E-state index contributed by atoms with van der Waals surface area (Å²) in [6.45, 7) is 7.71. The van der Waals surface area contributed by atoms with Gasteiger partial charge < -0.3 is 5.11 Å². The van der Waals surface area contributed by atoms with Crippen molar-refractivity contribution in [2.24, 2.45) is 5.41 Å². The van der Waals surface area contributed by atoms with Crippen LogP contribution in [-0.4, -0.2) is 31.3 Å². The van der Waals surface area contributed by atoms with Gasteiger partial charge in [0.15, 0.2) is 5.82 Å². The molecule has 1 aromatic carbocycles. The normalized spacial score (nSPS) is 11.6. The van der Waals surface area contributed by atoms with Crippen molar-refractivity contribution in [3.8, 4) is 0 Å². The standard InChI is InChI=1S/C15H20N4O2/c1-10-5-6-12(7-11(10)2)8-13-16-17-18-19(13)9-15(3,4)14(20)21/h5-7H,8-9H2,1-4H3,(H,20,21). The van der Waals surface area contributed by atoms with Crippen molar-refractivity contribution < 1.29 is 9.90 Å². The Morgan fingerprint density at radius 2 is 2.00 bits per heavy atom.